The van der Waals surface area contributed by atoms with E-state index in [1.165, 1.54) is 16.8 Å². The molecule has 0 radical (unpaired) electrons. The van der Waals surface area contributed by atoms with E-state index in [-0.39, 0.29) is 16.8 Å². The van der Waals surface area contributed by atoms with Gasteiger partial charge in [-0.05, 0) is 37.0 Å². The monoisotopic (exact) mass is 366 g/mol. The molecule has 0 spiro atoms. The average Bonchev–Trinajstić information content (AvgIpc) is 2.64. The molecule has 1 saturated carbocycles. The van der Waals surface area contributed by atoms with Gasteiger partial charge in [-0.3, -0.25) is 4.79 Å². The lowest BCUT2D eigenvalue weighted by atomic mass is 9.86. The number of hydrogen-bond donors (Lipinski definition) is 1. The molecule has 1 saturated heterocycles. The van der Waals surface area contributed by atoms with Crippen LogP contribution in [0.1, 0.15) is 43.0 Å². The fourth-order valence-corrected chi connectivity index (χ4v) is 4.97. The Balaban J connectivity index is 1.75. The molecule has 2 fully saturated rings. The number of morpholine rings is 1. The summed E-state index contributed by atoms with van der Waals surface area (Å²) in [5.41, 5.74) is 0.395. The Bertz CT molecular complexity index is 714. The smallest absolute Gasteiger partial charge is 0.251 e. The third-order valence-electron chi connectivity index (χ3n) is 5.13. The molecular weight excluding hydrogens is 340 g/mol. The highest BCUT2D eigenvalue weighted by molar-refractivity contribution is 7.89. The Labute approximate surface area is 149 Å². The predicted molar refractivity (Wildman–Crippen MR) is 94.9 cm³/mol. The Morgan fingerprint density at radius 3 is 2.64 bits per heavy atom. The second kappa shape index (κ2) is 7.85. The normalized spacial score (nSPS) is 25.5. The first-order valence-electron chi connectivity index (χ1n) is 8.97. The number of rotatable bonds is 4. The van der Waals surface area contributed by atoms with Gasteiger partial charge in [0.15, 0.2) is 0 Å². The van der Waals surface area contributed by atoms with Gasteiger partial charge in [0.25, 0.3) is 5.91 Å². The van der Waals surface area contributed by atoms with Crippen LogP contribution in [0.5, 0.6) is 0 Å². The van der Waals surface area contributed by atoms with Crippen molar-refractivity contribution in [3.63, 3.8) is 0 Å². The summed E-state index contributed by atoms with van der Waals surface area (Å²) in [5.74, 6) is 0.260. The number of ether oxygens (including phenoxy) is 1. The summed E-state index contributed by atoms with van der Waals surface area (Å²) >= 11 is 0. The van der Waals surface area contributed by atoms with E-state index in [0.717, 1.165) is 19.3 Å². The molecular formula is C18H26N2O4S. The van der Waals surface area contributed by atoms with Crippen molar-refractivity contribution in [2.75, 3.05) is 26.3 Å². The standard InChI is InChI=1S/C18H26N2O4S/c1-14-5-2-3-8-17(14)19-18(21)15-6-4-7-16(13-15)25(22,23)20-9-11-24-12-10-20/h4,6-7,13-14,17H,2-3,5,8-12H2,1H3,(H,19,21)/t14-,17+/m1/s1. The molecule has 0 unspecified atom stereocenters. The molecule has 3 rings (SSSR count). The average molecular weight is 366 g/mol. The van der Waals surface area contributed by atoms with E-state index in [1.807, 2.05) is 0 Å². The number of hydrogen-bond acceptors (Lipinski definition) is 4. The Morgan fingerprint density at radius 2 is 1.92 bits per heavy atom. The van der Waals surface area contributed by atoms with Crippen LogP contribution in [0.4, 0.5) is 0 Å². The van der Waals surface area contributed by atoms with E-state index >= 15 is 0 Å². The van der Waals surface area contributed by atoms with Crippen LogP contribution in [0, 0.1) is 5.92 Å². The van der Waals surface area contributed by atoms with Crippen LogP contribution < -0.4 is 5.32 Å². The molecule has 138 valence electrons. The van der Waals surface area contributed by atoms with Crippen LogP contribution in [0.15, 0.2) is 29.2 Å². The molecule has 6 nitrogen and oxygen atoms in total. The zero-order valence-electron chi connectivity index (χ0n) is 14.6. The largest absolute Gasteiger partial charge is 0.379 e. The Hall–Kier alpha value is -1.44. The minimum atomic E-state index is -3.59. The van der Waals surface area contributed by atoms with Crippen molar-refractivity contribution >= 4 is 15.9 Å². The molecule has 2 atom stereocenters. The van der Waals surface area contributed by atoms with Gasteiger partial charge < -0.3 is 10.1 Å². The van der Waals surface area contributed by atoms with Crippen molar-refractivity contribution in [2.24, 2.45) is 5.92 Å². The molecule has 1 N–H and O–H groups in total. The Morgan fingerprint density at radius 1 is 1.20 bits per heavy atom. The first-order valence-corrected chi connectivity index (χ1v) is 10.4. The number of nitrogens with one attached hydrogen (secondary N) is 1. The Kier molecular flexibility index (Phi) is 5.76. The topological polar surface area (TPSA) is 75.7 Å². The lowest BCUT2D eigenvalue weighted by Gasteiger charge is -2.29. The van der Waals surface area contributed by atoms with E-state index in [0.29, 0.717) is 37.8 Å². The van der Waals surface area contributed by atoms with Crippen molar-refractivity contribution in [1.29, 1.82) is 0 Å². The molecule has 1 aromatic rings. The minimum absolute atomic E-state index is 0.166. The van der Waals surface area contributed by atoms with Crippen molar-refractivity contribution in [2.45, 2.75) is 43.5 Å². The minimum Gasteiger partial charge on any atom is -0.379 e. The molecule has 2 aliphatic rings. The van der Waals surface area contributed by atoms with Crippen LogP contribution in [0.25, 0.3) is 0 Å². The van der Waals surface area contributed by atoms with E-state index in [4.69, 9.17) is 4.74 Å². The highest BCUT2D eigenvalue weighted by atomic mass is 32.2. The quantitative estimate of drug-likeness (QED) is 0.884. The van der Waals surface area contributed by atoms with Crippen LogP contribution in [0.3, 0.4) is 0 Å². The summed E-state index contributed by atoms with van der Waals surface area (Å²) in [6.07, 6.45) is 4.44. The van der Waals surface area contributed by atoms with Crippen LogP contribution in [0.2, 0.25) is 0 Å². The first kappa shape index (κ1) is 18.4. The van der Waals surface area contributed by atoms with Gasteiger partial charge in [0.05, 0.1) is 18.1 Å². The molecule has 25 heavy (non-hydrogen) atoms. The van der Waals surface area contributed by atoms with Crippen LogP contribution in [-0.2, 0) is 14.8 Å². The van der Waals surface area contributed by atoms with E-state index in [9.17, 15) is 13.2 Å². The molecule has 1 heterocycles. The lowest BCUT2D eigenvalue weighted by molar-refractivity contribution is 0.0730. The summed E-state index contributed by atoms with van der Waals surface area (Å²) in [6, 6.07) is 6.49. The van der Waals surface area contributed by atoms with Crippen molar-refractivity contribution in [3.05, 3.63) is 29.8 Å². The van der Waals surface area contributed by atoms with Crippen molar-refractivity contribution in [3.8, 4) is 0 Å². The second-order valence-corrected chi connectivity index (χ2v) is 8.82. The lowest BCUT2D eigenvalue weighted by Crippen LogP contribution is -2.41. The number of nitrogens with zero attached hydrogens (tertiary/aromatic N) is 1. The summed E-state index contributed by atoms with van der Waals surface area (Å²) in [6.45, 7) is 3.65. The maximum absolute atomic E-state index is 12.7. The summed E-state index contributed by atoms with van der Waals surface area (Å²) in [5, 5.41) is 3.08. The van der Waals surface area contributed by atoms with Gasteiger partial charge in [0, 0.05) is 24.7 Å². The maximum atomic E-state index is 12.7. The molecule has 1 aliphatic heterocycles. The van der Waals surface area contributed by atoms with Gasteiger partial charge in [0.2, 0.25) is 10.0 Å². The third-order valence-corrected chi connectivity index (χ3v) is 7.03. The fraction of sp³-hybridized carbons (Fsp3) is 0.611. The van der Waals surface area contributed by atoms with E-state index < -0.39 is 10.0 Å². The number of carbonyl (C=O) groups excluding carboxylic acids is 1. The number of carbonyl (C=O) groups is 1. The summed E-state index contributed by atoms with van der Waals surface area (Å²) in [7, 11) is -3.59. The predicted octanol–water partition coefficient (Wildman–Crippen LogP) is 2.02. The maximum Gasteiger partial charge on any atom is 0.251 e. The van der Waals surface area contributed by atoms with E-state index in [1.54, 1.807) is 18.2 Å². The highest BCUT2D eigenvalue weighted by Crippen LogP contribution is 2.24. The van der Waals surface area contributed by atoms with Crippen LogP contribution in [-0.4, -0.2) is 51.0 Å². The zero-order valence-corrected chi connectivity index (χ0v) is 15.4. The molecule has 1 aliphatic carbocycles. The first-order chi connectivity index (χ1) is 12.0. The van der Waals surface area contributed by atoms with Gasteiger partial charge >= 0.3 is 0 Å². The van der Waals surface area contributed by atoms with Gasteiger partial charge in [-0.25, -0.2) is 8.42 Å². The van der Waals surface area contributed by atoms with Crippen molar-refractivity contribution in [1.82, 2.24) is 9.62 Å². The summed E-state index contributed by atoms with van der Waals surface area (Å²) < 4.78 is 32.1. The molecule has 1 aromatic carbocycles. The second-order valence-electron chi connectivity index (χ2n) is 6.89. The fourth-order valence-electron chi connectivity index (χ4n) is 3.52. The summed E-state index contributed by atoms with van der Waals surface area (Å²) in [4.78, 5) is 12.7. The number of sulfonamides is 1. The molecule has 0 bridgehead atoms. The SMILES string of the molecule is C[C@@H]1CCCC[C@@H]1NC(=O)c1cccc(S(=O)(=O)N2CCOCC2)c1. The zero-order chi connectivity index (χ0) is 17.9. The van der Waals surface area contributed by atoms with Gasteiger partial charge in [0.1, 0.15) is 0 Å². The number of benzene rings is 1. The van der Waals surface area contributed by atoms with Gasteiger partial charge in [-0.2, -0.15) is 4.31 Å². The van der Waals surface area contributed by atoms with E-state index in [2.05, 4.69) is 12.2 Å². The third kappa shape index (κ3) is 4.22. The highest BCUT2D eigenvalue weighted by Gasteiger charge is 2.28. The number of amides is 1. The molecule has 0 aromatic heterocycles. The van der Waals surface area contributed by atoms with Crippen molar-refractivity contribution < 1.29 is 17.9 Å². The van der Waals surface area contributed by atoms with Gasteiger partial charge in [-0.15, -0.1) is 0 Å². The van der Waals surface area contributed by atoms with Crippen LogP contribution >= 0.6 is 0 Å². The molecule has 7 heteroatoms. The van der Waals surface area contributed by atoms with Gasteiger partial charge in [-0.1, -0.05) is 25.8 Å². The molecule has 1 amide bonds.